The van der Waals surface area contributed by atoms with Crippen molar-refractivity contribution in [2.75, 3.05) is 6.54 Å². The number of phenolic OH excluding ortho intramolecular Hbond substituents is 1. The molecule has 0 saturated heterocycles. The summed E-state index contributed by atoms with van der Waals surface area (Å²) < 4.78 is 0. The number of rotatable bonds is 6. The minimum absolute atomic E-state index is 0.137. The molecule has 112 valence electrons. The lowest BCUT2D eigenvalue weighted by Crippen LogP contribution is -2.32. The second-order valence-electron chi connectivity index (χ2n) is 5.51. The summed E-state index contributed by atoms with van der Waals surface area (Å²) in [5.41, 5.74) is 3.16. The molecular weight excluding hydrogens is 262 g/mol. The lowest BCUT2D eigenvalue weighted by atomic mass is 10.0. The average Bonchev–Trinajstić information content (AvgIpc) is 2.48. The highest BCUT2D eigenvalue weighted by Gasteiger charge is 2.13. The first kappa shape index (κ1) is 15.5. The van der Waals surface area contributed by atoms with E-state index in [9.17, 15) is 10.2 Å². The van der Waals surface area contributed by atoms with Crippen LogP contribution < -0.4 is 5.32 Å². The Kier molecular flexibility index (Phi) is 5.37. The van der Waals surface area contributed by atoms with Gasteiger partial charge in [0.2, 0.25) is 0 Å². The van der Waals surface area contributed by atoms with Crippen molar-refractivity contribution >= 4 is 0 Å². The molecule has 2 aromatic rings. The molecule has 0 aliphatic heterocycles. The molecule has 0 heterocycles. The first-order valence-electron chi connectivity index (χ1n) is 7.31. The van der Waals surface area contributed by atoms with E-state index in [1.165, 1.54) is 11.1 Å². The maximum atomic E-state index is 10.1. The van der Waals surface area contributed by atoms with Crippen LogP contribution in [0, 0.1) is 6.92 Å². The van der Waals surface area contributed by atoms with Gasteiger partial charge in [0.1, 0.15) is 5.75 Å². The smallest absolute Gasteiger partial charge is 0.121 e. The Balaban J connectivity index is 1.88. The summed E-state index contributed by atoms with van der Waals surface area (Å²) in [6.07, 6.45) is 0.214. The Bertz CT molecular complexity index is 583. The number of aliphatic hydroxyl groups is 1. The summed E-state index contributed by atoms with van der Waals surface area (Å²) in [4.78, 5) is 0. The molecule has 0 saturated carbocycles. The molecular formula is C18H23NO2. The standard InChI is InChI=1S/C18H23NO2/c1-13-7-3-4-8-15(13)11-14(2)19-12-18(21)16-9-5-6-10-17(16)20/h3-10,14,18-21H,11-12H2,1-2H3/t14-,18+/m1/s1. The molecule has 3 N–H and O–H groups in total. The largest absolute Gasteiger partial charge is 0.508 e. The molecule has 2 rings (SSSR count). The highest BCUT2D eigenvalue weighted by Crippen LogP contribution is 2.23. The van der Waals surface area contributed by atoms with E-state index in [4.69, 9.17) is 0 Å². The summed E-state index contributed by atoms with van der Waals surface area (Å²) in [5, 5.41) is 23.2. The van der Waals surface area contributed by atoms with E-state index in [0.717, 1.165) is 6.42 Å². The van der Waals surface area contributed by atoms with Crippen LogP contribution in [0.3, 0.4) is 0 Å². The topological polar surface area (TPSA) is 52.5 Å². The second-order valence-corrected chi connectivity index (χ2v) is 5.51. The van der Waals surface area contributed by atoms with E-state index in [1.54, 1.807) is 18.2 Å². The molecule has 0 bridgehead atoms. The molecule has 0 spiro atoms. The molecule has 3 heteroatoms. The minimum Gasteiger partial charge on any atom is -0.508 e. The zero-order valence-corrected chi connectivity index (χ0v) is 12.6. The fourth-order valence-corrected chi connectivity index (χ4v) is 2.43. The Hall–Kier alpha value is -1.84. The first-order valence-corrected chi connectivity index (χ1v) is 7.31. The van der Waals surface area contributed by atoms with E-state index >= 15 is 0 Å². The van der Waals surface area contributed by atoms with Crippen LogP contribution in [0.15, 0.2) is 48.5 Å². The molecule has 21 heavy (non-hydrogen) atoms. The molecule has 0 aromatic heterocycles. The average molecular weight is 285 g/mol. The van der Waals surface area contributed by atoms with Crippen molar-refractivity contribution in [3.63, 3.8) is 0 Å². The van der Waals surface area contributed by atoms with Gasteiger partial charge < -0.3 is 15.5 Å². The Morgan fingerprint density at radius 3 is 2.43 bits per heavy atom. The van der Waals surface area contributed by atoms with Crippen LogP contribution in [0.1, 0.15) is 29.7 Å². The number of aryl methyl sites for hydroxylation is 1. The van der Waals surface area contributed by atoms with Gasteiger partial charge in [-0.25, -0.2) is 0 Å². The minimum atomic E-state index is -0.703. The molecule has 3 nitrogen and oxygen atoms in total. The third-order valence-electron chi connectivity index (χ3n) is 3.74. The molecule has 0 amide bonds. The van der Waals surface area contributed by atoms with Gasteiger partial charge in [0.15, 0.2) is 0 Å². The summed E-state index contributed by atoms with van der Waals surface area (Å²) in [7, 11) is 0. The number of aromatic hydroxyl groups is 1. The number of para-hydroxylation sites is 1. The zero-order chi connectivity index (χ0) is 15.2. The monoisotopic (exact) mass is 285 g/mol. The molecule has 0 aliphatic rings. The van der Waals surface area contributed by atoms with E-state index in [2.05, 4.69) is 31.3 Å². The van der Waals surface area contributed by atoms with Gasteiger partial charge in [-0.3, -0.25) is 0 Å². The molecule has 2 atom stereocenters. The summed E-state index contributed by atoms with van der Waals surface area (Å²) >= 11 is 0. The van der Waals surface area contributed by atoms with Crippen LogP contribution in [0.5, 0.6) is 5.75 Å². The van der Waals surface area contributed by atoms with E-state index < -0.39 is 6.10 Å². The van der Waals surface area contributed by atoms with Gasteiger partial charge in [0.05, 0.1) is 6.10 Å². The van der Waals surface area contributed by atoms with Crippen molar-refractivity contribution in [1.29, 1.82) is 0 Å². The number of nitrogens with one attached hydrogen (secondary N) is 1. The molecule has 0 fully saturated rings. The normalized spacial score (nSPS) is 13.9. The second kappa shape index (κ2) is 7.25. The predicted molar refractivity (Wildman–Crippen MR) is 85.4 cm³/mol. The Labute approximate surface area is 126 Å². The maximum absolute atomic E-state index is 10.1. The van der Waals surface area contributed by atoms with Crippen LogP contribution in [-0.2, 0) is 6.42 Å². The van der Waals surface area contributed by atoms with Gasteiger partial charge in [0, 0.05) is 18.2 Å². The van der Waals surface area contributed by atoms with Gasteiger partial charge in [-0.05, 0) is 37.5 Å². The quantitative estimate of drug-likeness (QED) is 0.765. The number of benzene rings is 2. The summed E-state index contributed by atoms with van der Waals surface area (Å²) in [6.45, 7) is 4.63. The predicted octanol–water partition coefficient (Wildman–Crippen LogP) is 2.95. The van der Waals surface area contributed by atoms with Crippen molar-refractivity contribution in [1.82, 2.24) is 5.32 Å². The van der Waals surface area contributed by atoms with Gasteiger partial charge in [-0.15, -0.1) is 0 Å². The highest BCUT2D eigenvalue weighted by atomic mass is 16.3. The van der Waals surface area contributed by atoms with Gasteiger partial charge in [-0.2, -0.15) is 0 Å². The van der Waals surface area contributed by atoms with E-state index in [0.29, 0.717) is 12.1 Å². The van der Waals surface area contributed by atoms with Gasteiger partial charge in [-0.1, -0.05) is 42.5 Å². The Morgan fingerprint density at radius 1 is 1.05 bits per heavy atom. The van der Waals surface area contributed by atoms with E-state index in [1.807, 2.05) is 18.2 Å². The molecule has 2 aromatic carbocycles. The summed E-state index contributed by atoms with van der Waals surface area (Å²) in [6, 6.07) is 15.5. The van der Waals surface area contributed by atoms with Crippen LogP contribution >= 0.6 is 0 Å². The Morgan fingerprint density at radius 2 is 1.71 bits per heavy atom. The third-order valence-corrected chi connectivity index (χ3v) is 3.74. The third kappa shape index (κ3) is 4.31. The molecule has 0 aliphatic carbocycles. The van der Waals surface area contributed by atoms with Crippen molar-refractivity contribution < 1.29 is 10.2 Å². The maximum Gasteiger partial charge on any atom is 0.121 e. The number of hydrogen-bond donors (Lipinski definition) is 3. The number of phenols is 1. The molecule has 0 radical (unpaired) electrons. The van der Waals surface area contributed by atoms with Crippen molar-refractivity contribution in [2.24, 2.45) is 0 Å². The first-order chi connectivity index (χ1) is 10.1. The van der Waals surface area contributed by atoms with Crippen LogP contribution in [0.2, 0.25) is 0 Å². The van der Waals surface area contributed by atoms with Gasteiger partial charge in [0.25, 0.3) is 0 Å². The fraction of sp³-hybridized carbons (Fsp3) is 0.333. The number of hydrogen-bond acceptors (Lipinski definition) is 3. The fourth-order valence-electron chi connectivity index (χ4n) is 2.43. The lowest BCUT2D eigenvalue weighted by molar-refractivity contribution is 0.167. The van der Waals surface area contributed by atoms with Crippen LogP contribution in [0.25, 0.3) is 0 Å². The van der Waals surface area contributed by atoms with Crippen LogP contribution in [-0.4, -0.2) is 22.8 Å². The van der Waals surface area contributed by atoms with Crippen molar-refractivity contribution in [3.8, 4) is 5.75 Å². The summed E-state index contributed by atoms with van der Waals surface area (Å²) in [5.74, 6) is 0.137. The van der Waals surface area contributed by atoms with Crippen LogP contribution in [0.4, 0.5) is 0 Å². The molecule has 0 unspecified atom stereocenters. The number of aliphatic hydroxyl groups excluding tert-OH is 1. The van der Waals surface area contributed by atoms with Gasteiger partial charge >= 0.3 is 0 Å². The highest BCUT2D eigenvalue weighted by molar-refractivity contribution is 5.33. The van der Waals surface area contributed by atoms with Crippen molar-refractivity contribution in [2.45, 2.75) is 32.4 Å². The zero-order valence-electron chi connectivity index (χ0n) is 12.6. The van der Waals surface area contributed by atoms with E-state index in [-0.39, 0.29) is 11.8 Å². The lowest BCUT2D eigenvalue weighted by Gasteiger charge is -2.19. The SMILES string of the molecule is Cc1ccccc1C[C@@H](C)NC[C@H](O)c1ccccc1O. The van der Waals surface area contributed by atoms with Crippen molar-refractivity contribution in [3.05, 3.63) is 65.2 Å².